The molecular weight excluding hydrogens is 210 g/mol. The van der Waals surface area contributed by atoms with Gasteiger partial charge in [0.25, 0.3) is 0 Å². The molecule has 2 heterocycles. The second-order valence-electron chi connectivity index (χ2n) is 4.56. The highest BCUT2D eigenvalue weighted by Crippen LogP contribution is 2.27. The zero-order valence-electron chi connectivity index (χ0n) is 10.7. The lowest BCUT2D eigenvalue weighted by Gasteiger charge is -1.96. The predicted molar refractivity (Wildman–Crippen MR) is 72.3 cm³/mol. The highest BCUT2D eigenvalue weighted by molar-refractivity contribution is 5.83. The number of hydrogen-bond donors (Lipinski definition) is 2. The minimum Gasteiger partial charge on any atom is -0.358 e. The Balaban J connectivity index is 0.000000329. The second kappa shape index (κ2) is 5.82. The Bertz CT molecular complexity index is 473. The molecule has 1 aliphatic carbocycles. The number of nitrogens with zero attached hydrogens (tertiary/aromatic N) is 1. The molecule has 0 fully saturated rings. The number of rotatable bonds is 0. The maximum Gasteiger partial charge on any atom is 0.0490 e. The second-order valence-corrected chi connectivity index (χ2v) is 4.56. The van der Waals surface area contributed by atoms with E-state index in [-0.39, 0.29) is 0 Å². The smallest absolute Gasteiger partial charge is 0.0490 e. The summed E-state index contributed by atoms with van der Waals surface area (Å²) in [4.78, 5) is 7.72. The molecule has 0 aliphatic heterocycles. The summed E-state index contributed by atoms with van der Waals surface area (Å²) in [6, 6.07) is 2.07. The van der Waals surface area contributed by atoms with E-state index in [4.69, 9.17) is 0 Å². The van der Waals surface area contributed by atoms with Crippen molar-refractivity contribution in [3.05, 3.63) is 29.7 Å². The Labute approximate surface area is 103 Å². The van der Waals surface area contributed by atoms with Crippen molar-refractivity contribution >= 4 is 10.9 Å². The van der Waals surface area contributed by atoms with E-state index in [1.165, 1.54) is 54.3 Å². The van der Waals surface area contributed by atoms with Crippen LogP contribution in [0.1, 0.15) is 30.5 Å². The third-order valence-corrected chi connectivity index (χ3v) is 3.15. The number of aromatic nitrogens is 2. The Morgan fingerprint density at radius 1 is 1.18 bits per heavy atom. The number of aromatic amines is 1. The van der Waals surface area contributed by atoms with E-state index >= 15 is 0 Å². The molecule has 0 radical (unpaired) electrons. The van der Waals surface area contributed by atoms with Crippen LogP contribution >= 0.6 is 0 Å². The van der Waals surface area contributed by atoms with Crippen LogP contribution in [0.3, 0.4) is 0 Å². The zero-order valence-corrected chi connectivity index (χ0v) is 10.7. The van der Waals surface area contributed by atoms with E-state index in [2.05, 4.69) is 21.4 Å². The molecule has 0 saturated heterocycles. The first-order valence-electron chi connectivity index (χ1n) is 6.38. The fourth-order valence-electron chi connectivity index (χ4n) is 2.42. The summed E-state index contributed by atoms with van der Waals surface area (Å²) in [7, 11) is 3.75. The van der Waals surface area contributed by atoms with Gasteiger partial charge in [0, 0.05) is 29.0 Å². The molecule has 0 unspecified atom stereocenters. The van der Waals surface area contributed by atoms with E-state index in [0.29, 0.717) is 0 Å². The Kier molecular flexibility index (Phi) is 4.15. The average Bonchev–Trinajstić information content (AvgIpc) is 2.53. The molecule has 0 amide bonds. The predicted octanol–water partition coefficient (Wildman–Crippen LogP) is 2.67. The number of nitrogens with one attached hydrogen (secondary N) is 2. The van der Waals surface area contributed by atoms with Crippen molar-refractivity contribution < 1.29 is 0 Å². The van der Waals surface area contributed by atoms with Crippen molar-refractivity contribution in [1.29, 1.82) is 0 Å². The van der Waals surface area contributed by atoms with Gasteiger partial charge in [0.05, 0.1) is 0 Å². The topological polar surface area (TPSA) is 40.7 Å². The lowest BCUT2D eigenvalue weighted by molar-refractivity contribution is 0.708. The van der Waals surface area contributed by atoms with Gasteiger partial charge in [0.1, 0.15) is 0 Å². The van der Waals surface area contributed by atoms with Crippen molar-refractivity contribution in [2.75, 3.05) is 14.1 Å². The number of fused-ring (bicyclic) bond motifs is 3. The van der Waals surface area contributed by atoms with Crippen molar-refractivity contribution in [2.24, 2.45) is 0 Å². The molecule has 0 spiro atoms. The quantitative estimate of drug-likeness (QED) is 0.684. The molecule has 3 nitrogen and oxygen atoms in total. The van der Waals surface area contributed by atoms with Crippen LogP contribution in [-0.4, -0.2) is 24.1 Å². The zero-order chi connectivity index (χ0) is 12.1. The van der Waals surface area contributed by atoms with Crippen molar-refractivity contribution in [2.45, 2.75) is 32.1 Å². The highest BCUT2D eigenvalue weighted by atomic mass is 14.7. The average molecular weight is 231 g/mol. The summed E-state index contributed by atoms with van der Waals surface area (Å²) in [5.74, 6) is 0. The number of aryl methyl sites for hydroxylation is 2. The van der Waals surface area contributed by atoms with Gasteiger partial charge in [-0.05, 0) is 51.4 Å². The minimum absolute atomic E-state index is 1.21. The summed E-state index contributed by atoms with van der Waals surface area (Å²) in [6.07, 6.45) is 10.3. The Morgan fingerprint density at radius 3 is 2.76 bits per heavy atom. The van der Waals surface area contributed by atoms with Crippen LogP contribution in [-0.2, 0) is 12.8 Å². The van der Waals surface area contributed by atoms with Crippen LogP contribution in [0.25, 0.3) is 10.9 Å². The standard InChI is InChI=1S/C12H14N2.C2H7N/c1-2-4-9-10-8-13-7-6-12(10)14-11(9)5-3-1;1-3-2/h6-8,14H,1-5H2;3H,1-2H3. The fraction of sp³-hybridized carbons (Fsp3) is 0.500. The van der Waals surface area contributed by atoms with Gasteiger partial charge in [0.15, 0.2) is 0 Å². The monoisotopic (exact) mass is 231 g/mol. The van der Waals surface area contributed by atoms with Crippen molar-refractivity contribution in [3.63, 3.8) is 0 Å². The molecule has 2 N–H and O–H groups in total. The fourth-order valence-corrected chi connectivity index (χ4v) is 2.42. The van der Waals surface area contributed by atoms with Gasteiger partial charge >= 0.3 is 0 Å². The first-order valence-corrected chi connectivity index (χ1v) is 6.38. The van der Waals surface area contributed by atoms with Gasteiger partial charge in [-0.2, -0.15) is 0 Å². The van der Waals surface area contributed by atoms with Crippen LogP contribution in [0, 0.1) is 0 Å². The van der Waals surface area contributed by atoms with Crippen molar-refractivity contribution in [1.82, 2.24) is 15.3 Å². The molecular formula is C14H21N3. The molecule has 0 atom stereocenters. The van der Waals surface area contributed by atoms with Crippen molar-refractivity contribution in [3.8, 4) is 0 Å². The van der Waals surface area contributed by atoms with E-state index in [9.17, 15) is 0 Å². The first-order chi connectivity index (χ1) is 8.36. The molecule has 92 valence electrons. The molecule has 3 rings (SSSR count). The molecule has 2 aromatic rings. The van der Waals surface area contributed by atoms with Gasteiger partial charge in [-0.3, -0.25) is 4.98 Å². The molecule has 2 aromatic heterocycles. The third kappa shape index (κ3) is 2.67. The van der Waals surface area contributed by atoms with E-state index in [1.807, 2.05) is 26.5 Å². The molecule has 3 heteroatoms. The molecule has 0 bridgehead atoms. The lowest BCUT2D eigenvalue weighted by atomic mass is 10.1. The maximum absolute atomic E-state index is 4.20. The summed E-state index contributed by atoms with van der Waals surface area (Å²) in [6.45, 7) is 0. The SMILES string of the molecule is CNC.c1cc2[nH]c3c(c2cn1)CCCCC3. The Morgan fingerprint density at radius 2 is 1.94 bits per heavy atom. The lowest BCUT2D eigenvalue weighted by Crippen LogP contribution is -1.89. The number of hydrogen-bond acceptors (Lipinski definition) is 2. The summed E-state index contributed by atoms with van der Waals surface area (Å²) >= 11 is 0. The maximum atomic E-state index is 4.20. The van der Waals surface area contributed by atoms with E-state index in [0.717, 1.165) is 0 Å². The number of H-pyrrole nitrogens is 1. The first kappa shape index (κ1) is 12.1. The summed E-state index contributed by atoms with van der Waals surface area (Å²) < 4.78 is 0. The molecule has 0 aromatic carbocycles. The molecule has 0 saturated carbocycles. The largest absolute Gasteiger partial charge is 0.358 e. The van der Waals surface area contributed by atoms with Gasteiger partial charge in [-0.1, -0.05) is 6.42 Å². The van der Waals surface area contributed by atoms with Crippen LogP contribution in [0.4, 0.5) is 0 Å². The normalized spacial score (nSPS) is 14.7. The van der Waals surface area contributed by atoms with Crippen LogP contribution < -0.4 is 5.32 Å². The van der Waals surface area contributed by atoms with E-state index in [1.54, 1.807) is 0 Å². The summed E-state index contributed by atoms with van der Waals surface area (Å²) in [5.41, 5.74) is 4.23. The van der Waals surface area contributed by atoms with Gasteiger partial charge in [0.2, 0.25) is 0 Å². The third-order valence-electron chi connectivity index (χ3n) is 3.15. The Hall–Kier alpha value is -1.35. The highest BCUT2D eigenvalue weighted by Gasteiger charge is 2.13. The minimum atomic E-state index is 1.21. The van der Waals surface area contributed by atoms with Crippen LogP contribution in [0.5, 0.6) is 0 Å². The van der Waals surface area contributed by atoms with E-state index < -0.39 is 0 Å². The van der Waals surface area contributed by atoms with Crippen LogP contribution in [0.2, 0.25) is 0 Å². The molecule has 17 heavy (non-hydrogen) atoms. The van der Waals surface area contributed by atoms with Gasteiger partial charge < -0.3 is 10.3 Å². The number of pyridine rings is 1. The van der Waals surface area contributed by atoms with Gasteiger partial charge in [-0.15, -0.1) is 0 Å². The molecule has 1 aliphatic rings. The van der Waals surface area contributed by atoms with Crippen LogP contribution in [0.15, 0.2) is 18.5 Å². The summed E-state index contributed by atoms with van der Waals surface area (Å²) in [5, 5.41) is 4.09. The van der Waals surface area contributed by atoms with Gasteiger partial charge in [-0.25, -0.2) is 0 Å².